The summed E-state index contributed by atoms with van der Waals surface area (Å²) in [7, 11) is 0. The van der Waals surface area contributed by atoms with Crippen LogP contribution in [0.5, 0.6) is 0 Å². The lowest BCUT2D eigenvalue weighted by Crippen LogP contribution is -2.26. The fraction of sp³-hybridized carbons (Fsp3) is 0. The van der Waals surface area contributed by atoms with Crippen molar-refractivity contribution in [1.29, 1.82) is 0 Å². The molecular weight excluding hydrogens is 324 g/mol. The van der Waals surface area contributed by atoms with Crippen molar-refractivity contribution < 1.29 is 9.21 Å². The van der Waals surface area contributed by atoms with Gasteiger partial charge in [-0.05, 0) is 36.4 Å². The van der Waals surface area contributed by atoms with Crippen LogP contribution in [0, 0.1) is 0 Å². The molecule has 0 N–H and O–H groups in total. The Morgan fingerprint density at radius 1 is 0.808 bits per heavy atom. The summed E-state index contributed by atoms with van der Waals surface area (Å²) in [6.07, 6.45) is 3.12. The van der Waals surface area contributed by atoms with E-state index in [4.69, 9.17) is 4.42 Å². The first kappa shape index (κ1) is 15.8. The van der Waals surface area contributed by atoms with E-state index in [0.29, 0.717) is 11.5 Å². The lowest BCUT2D eigenvalue weighted by atomic mass is 10.1. The van der Waals surface area contributed by atoms with Crippen molar-refractivity contribution in [2.75, 3.05) is 4.90 Å². The molecule has 0 unspecified atom stereocenters. The normalized spacial score (nSPS) is 10.5. The van der Waals surface area contributed by atoms with Crippen LogP contribution in [0.2, 0.25) is 0 Å². The maximum absolute atomic E-state index is 13.3. The highest BCUT2D eigenvalue weighted by Gasteiger charge is 2.23. The summed E-state index contributed by atoms with van der Waals surface area (Å²) in [5, 5.41) is 0. The number of benzene rings is 3. The summed E-state index contributed by atoms with van der Waals surface area (Å²) in [6.45, 7) is 0. The summed E-state index contributed by atoms with van der Waals surface area (Å²) in [5.74, 6) is 0.359. The highest BCUT2D eigenvalue weighted by atomic mass is 16.3. The second kappa shape index (κ2) is 7.07. The number of para-hydroxylation sites is 2. The molecule has 0 aliphatic heterocycles. The molecule has 0 fully saturated rings. The number of nitrogens with zero attached hydrogens (tertiary/aromatic N) is 2. The van der Waals surface area contributed by atoms with Gasteiger partial charge in [-0.15, -0.1) is 0 Å². The van der Waals surface area contributed by atoms with Gasteiger partial charge in [0.1, 0.15) is 6.26 Å². The first-order valence-electron chi connectivity index (χ1n) is 8.28. The van der Waals surface area contributed by atoms with Crippen molar-refractivity contribution in [2.24, 2.45) is 0 Å². The Bertz CT molecular complexity index is 997. The molecule has 0 aliphatic carbocycles. The first-order chi connectivity index (χ1) is 12.8. The second-order valence-electron chi connectivity index (χ2n) is 5.70. The smallest absolute Gasteiger partial charge is 0.262 e. The van der Waals surface area contributed by atoms with Gasteiger partial charge in [-0.25, -0.2) is 4.98 Å². The Balaban J connectivity index is 1.89. The zero-order valence-electron chi connectivity index (χ0n) is 13.9. The Kier molecular flexibility index (Phi) is 4.31. The summed E-state index contributed by atoms with van der Waals surface area (Å²) >= 11 is 0. The van der Waals surface area contributed by atoms with Gasteiger partial charge in [-0.3, -0.25) is 9.69 Å². The van der Waals surface area contributed by atoms with E-state index in [9.17, 15) is 4.79 Å². The van der Waals surface area contributed by atoms with Crippen LogP contribution in [-0.2, 0) is 0 Å². The maximum Gasteiger partial charge on any atom is 0.262 e. The minimum absolute atomic E-state index is 0.115. The molecule has 26 heavy (non-hydrogen) atoms. The maximum atomic E-state index is 13.3. The molecule has 4 rings (SSSR count). The number of aromatic nitrogens is 1. The summed E-state index contributed by atoms with van der Waals surface area (Å²) in [5.41, 5.74) is 2.86. The zero-order chi connectivity index (χ0) is 17.8. The molecule has 4 heteroatoms. The van der Waals surface area contributed by atoms with Crippen LogP contribution < -0.4 is 4.90 Å². The van der Waals surface area contributed by atoms with Crippen LogP contribution >= 0.6 is 0 Å². The summed E-state index contributed by atoms with van der Waals surface area (Å²) in [6, 6.07) is 26.4. The van der Waals surface area contributed by atoms with Crippen molar-refractivity contribution in [1.82, 2.24) is 4.98 Å². The average molecular weight is 340 g/mol. The van der Waals surface area contributed by atoms with Gasteiger partial charge >= 0.3 is 0 Å². The predicted molar refractivity (Wildman–Crippen MR) is 101 cm³/mol. The number of rotatable bonds is 4. The molecule has 1 aromatic heterocycles. The molecule has 0 spiro atoms. The van der Waals surface area contributed by atoms with Crippen LogP contribution in [0.4, 0.5) is 11.4 Å². The van der Waals surface area contributed by atoms with Gasteiger partial charge < -0.3 is 4.42 Å². The molecule has 1 heterocycles. The van der Waals surface area contributed by atoms with Crippen LogP contribution in [0.1, 0.15) is 10.4 Å². The van der Waals surface area contributed by atoms with Gasteiger partial charge in [0.05, 0.1) is 17.4 Å². The predicted octanol–water partition coefficient (Wildman–Crippen LogP) is 5.32. The molecule has 0 saturated heterocycles. The minimum Gasteiger partial charge on any atom is -0.444 e. The first-order valence-corrected chi connectivity index (χ1v) is 8.28. The third-order valence-corrected chi connectivity index (χ3v) is 4.05. The number of amides is 1. The van der Waals surface area contributed by atoms with E-state index in [1.165, 1.54) is 6.26 Å². The third kappa shape index (κ3) is 3.00. The Morgan fingerprint density at radius 3 is 2.15 bits per heavy atom. The third-order valence-electron chi connectivity index (χ3n) is 4.05. The molecule has 0 atom stereocenters. The Hall–Kier alpha value is -3.66. The second-order valence-corrected chi connectivity index (χ2v) is 5.70. The van der Waals surface area contributed by atoms with E-state index in [2.05, 4.69) is 4.98 Å². The highest BCUT2D eigenvalue weighted by molar-refractivity contribution is 6.12. The van der Waals surface area contributed by atoms with Crippen LogP contribution in [0.25, 0.3) is 11.5 Å². The molecule has 126 valence electrons. The Morgan fingerprint density at radius 2 is 1.46 bits per heavy atom. The van der Waals surface area contributed by atoms with Gasteiger partial charge in [-0.1, -0.05) is 48.5 Å². The van der Waals surface area contributed by atoms with E-state index in [0.717, 1.165) is 16.9 Å². The zero-order valence-corrected chi connectivity index (χ0v) is 13.9. The van der Waals surface area contributed by atoms with E-state index >= 15 is 0 Å². The van der Waals surface area contributed by atoms with Crippen LogP contribution in [-0.4, -0.2) is 10.9 Å². The molecule has 0 radical (unpaired) electrons. The highest BCUT2D eigenvalue weighted by Crippen LogP contribution is 2.35. The van der Waals surface area contributed by atoms with Gasteiger partial charge in [0.25, 0.3) is 5.91 Å². The molecule has 0 aliphatic rings. The molecule has 1 amide bonds. The number of anilines is 2. The van der Waals surface area contributed by atoms with Gasteiger partial charge in [0.15, 0.2) is 0 Å². The average Bonchev–Trinajstić information content (AvgIpc) is 3.25. The van der Waals surface area contributed by atoms with E-state index in [1.54, 1.807) is 11.1 Å². The molecule has 4 aromatic rings. The summed E-state index contributed by atoms with van der Waals surface area (Å²) in [4.78, 5) is 19.3. The van der Waals surface area contributed by atoms with Crippen molar-refractivity contribution in [2.45, 2.75) is 0 Å². The van der Waals surface area contributed by atoms with Crippen molar-refractivity contribution in [3.63, 3.8) is 0 Å². The van der Waals surface area contributed by atoms with Crippen molar-refractivity contribution in [3.05, 3.63) is 103 Å². The van der Waals surface area contributed by atoms with Crippen molar-refractivity contribution in [3.8, 4) is 11.5 Å². The van der Waals surface area contributed by atoms with Gasteiger partial charge in [0, 0.05) is 11.3 Å². The van der Waals surface area contributed by atoms with E-state index in [-0.39, 0.29) is 5.91 Å². The monoisotopic (exact) mass is 340 g/mol. The van der Waals surface area contributed by atoms with E-state index in [1.807, 2.05) is 84.9 Å². The Labute approximate surface area is 151 Å². The van der Waals surface area contributed by atoms with Gasteiger partial charge in [0.2, 0.25) is 5.89 Å². The largest absolute Gasteiger partial charge is 0.444 e. The van der Waals surface area contributed by atoms with Gasteiger partial charge in [-0.2, -0.15) is 0 Å². The number of hydrogen-bond acceptors (Lipinski definition) is 3. The number of hydrogen-bond donors (Lipinski definition) is 0. The van der Waals surface area contributed by atoms with Crippen molar-refractivity contribution >= 4 is 17.3 Å². The summed E-state index contributed by atoms with van der Waals surface area (Å²) < 4.78 is 5.48. The number of carbonyl (C=O) groups excluding carboxylic acids is 1. The topological polar surface area (TPSA) is 46.3 Å². The fourth-order valence-corrected chi connectivity index (χ4v) is 2.86. The lowest BCUT2D eigenvalue weighted by molar-refractivity contribution is 0.0999. The molecular formula is C22H16N2O2. The van der Waals surface area contributed by atoms with E-state index < -0.39 is 0 Å². The number of carbonyl (C=O) groups is 1. The molecule has 0 saturated carbocycles. The molecule has 4 nitrogen and oxygen atoms in total. The molecule has 3 aromatic carbocycles. The quantitative estimate of drug-likeness (QED) is 0.505. The molecule has 0 bridgehead atoms. The van der Waals surface area contributed by atoms with Crippen LogP contribution in [0.3, 0.4) is 0 Å². The standard InChI is InChI=1S/C22H16N2O2/c25-22(17-9-3-1-4-10-17)24(18-11-5-2-6-12-18)20-14-8-7-13-19(20)21-23-15-16-26-21/h1-16H. The SMILES string of the molecule is O=C(c1ccccc1)N(c1ccccc1)c1ccccc1-c1ncco1. The fourth-order valence-electron chi connectivity index (χ4n) is 2.86. The lowest BCUT2D eigenvalue weighted by Gasteiger charge is -2.25. The number of oxazole rings is 1. The minimum atomic E-state index is -0.115. The van der Waals surface area contributed by atoms with Crippen LogP contribution in [0.15, 0.2) is 102 Å².